The topological polar surface area (TPSA) is 95.5 Å². The predicted molar refractivity (Wildman–Crippen MR) is 70.5 cm³/mol. The van der Waals surface area contributed by atoms with E-state index >= 15 is 0 Å². The van der Waals surface area contributed by atoms with Crippen LogP contribution in [0, 0.1) is 20.2 Å². The van der Waals surface area contributed by atoms with Crippen molar-refractivity contribution < 1.29 is 14.6 Å². The molecule has 0 spiro atoms. The molecule has 0 bridgehead atoms. The zero-order valence-corrected chi connectivity index (χ0v) is 10.3. The molecule has 102 valence electrons. The summed E-state index contributed by atoms with van der Waals surface area (Å²) in [6, 6.07) is 12.4. The molecule has 0 saturated carbocycles. The molecule has 7 nitrogen and oxygen atoms in total. The average Bonchev–Trinajstić information content (AvgIpc) is 2.45. The molecule has 0 aliphatic rings. The highest BCUT2D eigenvalue weighted by atomic mass is 16.6. The molecule has 0 N–H and O–H groups in total. The molecule has 0 unspecified atom stereocenters. The van der Waals surface area contributed by atoms with Crippen molar-refractivity contribution in [1.29, 1.82) is 0 Å². The van der Waals surface area contributed by atoms with Crippen molar-refractivity contribution in [2.24, 2.45) is 0 Å². The maximum absolute atomic E-state index is 10.9. The van der Waals surface area contributed by atoms with Gasteiger partial charge >= 0.3 is 5.69 Å². The minimum atomic E-state index is -0.701. The molecule has 20 heavy (non-hydrogen) atoms. The van der Waals surface area contributed by atoms with Gasteiger partial charge in [0.15, 0.2) is 5.75 Å². The van der Waals surface area contributed by atoms with E-state index in [0.717, 1.165) is 11.6 Å². The van der Waals surface area contributed by atoms with Gasteiger partial charge in [-0.25, -0.2) is 0 Å². The van der Waals surface area contributed by atoms with Crippen LogP contribution in [0.5, 0.6) is 5.75 Å². The molecular weight excluding hydrogens is 264 g/mol. The fraction of sp³-hybridized carbons (Fsp3) is 0.0769. The molecule has 0 heterocycles. The Kier molecular flexibility index (Phi) is 3.90. The van der Waals surface area contributed by atoms with Crippen molar-refractivity contribution in [2.75, 3.05) is 0 Å². The SMILES string of the molecule is O=[N+]([O-])c1ccc(OCc2ccccc2)c([N+](=O)[O-])c1. The maximum atomic E-state index is 10.9. The Morgan fingerprint density at radius 1 is 0.950 bits per heavy atom. The number of non-ortho nitro benzene ring substituents is 1. The number of rotatable bonds is 5. The standard InChI is InChI=1S/C13H10N2O5/c16-14(17)11-6-7-13(12(8-11)15(18)19)20-9-10-4-2-1-3-5-10/h1-8H,9H2. The summed E-state index contributed by atoms with van der Waals surface area (Å²) in [5.74, 6) is 0.00412. The quantitative estimate of drug-likeness (QED) is 0.616. The van der Waals surface area contributed by atoms with Gasteiger partial charge in [0.25, 0.3) is 5.69 Å². The van der Waals surface area contributed by atoms with Gasteiger partial charge in [-0.05, 0) is 11.6 Å². The van der Waals surface area contributed by atoms with E-state index in [9.17, 15) is 20.2 Å². The maximum Gasteiger partial charge on any atom is 0.317 e. The first kappa shape index (κ1) is 13.5. The van der Waals surface area contributed by atoms with Crippen LogP contribution in [-0.2, 0) is 6.61 Å². The summed E-state index contributed by atoms with van der Waals surface area (Å²) in [6.07, 6.45) is 0. The number of nitrogens with zero attached hydrogens (tertiary/aromatic N) is 2. The fourth-order valence-electron chi connectivity index (χ4n) is 1.62. The van der Waals surface area contributed by atoms with Gasteiger partial charge in [0.2, 0.25) is 0 Å². The van der Waals surface area contributed by atoms with E-state index in [1.54, 1.807) is 0 Å². The molecule has 2 aromatic rings. The Morgan fingerprint density at radius 2 is 1.65 bits per heavy atom. The third kappa shape index (κ3) is 3.08. The second kappa shape index (κ2) is 5.79. The van der Waals surface area contributed by atoms with Crippen molar-refractivity contribution in [2.45, 2.75) is 6.61 Å². The van der Waals surface area contributed by atoms with Crippen LogP contribution in [0.3, 0.4) is 0 Å². The molecule has 0 saturated heterocycles. The van der Waals surface area contributed by atoms with E-state index in [4.69, 9.17) is 4.74 Å². The van der Waals surface area contributed by atoms with E-state index in [1.807, 2.05) is 30.3 Å². The second-order valence-corrected chi connectivity index (χ2v) is 3.94. The summed E-state index contributed by atoms with van der Waals surface area (Å²) in [4.78, 5) is 20.1. The first-order chi connectivity index (χ1) is 9.58. The first-order valence-corrected chi connectivity index (χ1v) is 5.67. The molecule has 0 aromatic heterocycles. The summed E-state index contributed by atoms with van der Waals surface area (Å²) >= 11 is 0. The van der Waals surface area contributed by atoms with E-state index in [2.05, 4.69) is 0 Å². The second-order valence-electron chi connectivity index (χ2n) is 3.94. The number of nitro benzene ring substituents is 2. The van der Waals surface area contributed by atoms with E-state index in [1.165, 1.54) is 12.1 Å². The van der Waals surface area contributed by atoms with Crippen LogP contribution in [0.15, 0.2) is 48.5 Å². The minimum absolute atomic E-state index is 0.00412. The van der Waals surface area contributed by atoms with Gasteiger partial charge in [-0.1, -0.05) is 30.3 Å². The molecule has 0 atom stereocenters. The van der Waals surface area contributed by atoms with Gasteiger partial charge in [-0.15, -0.1) is 0 Å². The van der Waals surface area contributed by atoms with Crippen molar-refractivity contribution in [3.63, 3.8) is 0 Å². The van der Waals surface area contributed by atoms with Gasteiger partial charge in [-0.2, -0.15) is 0 Å². The first-order valence-electron chi connectivity index (χ1n) is 5.67. The summed E-state index contributed by atoms with van der Waals surface area (Å²) < 4.78 is 5.35. The van der Waals surface area contributed by atoms with E-state index < -0.39 is 15.5 Å². The smallest absolute Gasteiger partial charge is 0.317 e. The van der Waals surface area contributed by atoms with Crippen LogP contribution in [-0.4, -0.2) is 9.85 Å². The predicted octanol–water partition coefficient (Wildman–Crippen LogP) is 3.08. The number of nitro groups is 2. The van der Waals surface area contributed by atoms with Crippen LogP contribution in [0.1, 0.15) is 5.56 Å². The molecular formula is C13H10N2O5. The van der Waals surface area contributed by atoms with Crippen molar-refractivity contribution >= 4 is 11.4 Å². The highest BCUT2D eigenvalue weighted by Gasteiger charge is 2.20. The summed E-state index contributed by atoms with van der Waals surface area (Å²) in [5.41, 5.74) is 0.0824. The number of hydrogen-bond acceptors (Lipinski definition) is 5. The molecule has 2 aromatic carbocycles. The van der Waals surface area contributed by atoms with Gasteiger partial charge in [-0.3, -0.25) is 20.2 Å². The summed E-state index contributed by atoms with van der Waals surface area (Å²) in [7, 11) is 0. The Labute approximate surface area is 113 Å². The lowest BCUT2D eigenvalue weighted by Crippen LogP contribution is -2.00. The fourth-order valence-corrected chi connectivity index (χ4v) is 1.62. The van der Waals surface area contributed by atoms with Gasteiger partial charge in [0.05, 0.1) is 15.9 Å². The minimum Gasteiger partial charge on any atom is -0.482 e. The zero-order valence-electron chi connectivity index (χ0n) is 10.3. The lowest BCUT2D eigenvalue weighted by atomic mass is 10.2. The van der Waals surface area contributed by atoms with Crippen molar-refractivity contribution in [3.8, 4) is 5.75 Å². The number of ether oxygens (including phenoxy) is 1. The monoisotopic (exact) mass is 274 g/mol. The van der Waals surface area contributed by atoms with Gasteiger partial charge in [0.1, 0.15) is 6.61 Å². The summed E-state index contributed by atoms with van der Waals surface area (Å²) in [6.45, 7) is 0.152. The normalized spacial score (nSPS) is 10.0. The Balaban J connectivity index is 2.23. The largest absolute Gasteiger partial charge is 0.482 e. The highest BCUT2D eigenvalue weighted by Crippen LogP contribution is 2.31. The van der Waals surface area contributed by atoms with E-state index in [0.29, 0.717) is 0 Å². The summed E-state index contributed by atoms with van der Waals surface area (Å²) in [5, 5.41) is 21.5. The van der Waals surface area contributed by atoms with Gasteiger partial charge < -0.3 is 4.74 Å². The molecule has 0 aliphatic carbocycles. The van der Waals surface area contributed by atoms with Crippen LogP contribution in [0.2, 0.25) is 0 Å². The van der Waals surface area contributed by atoms with Gasteiger partial charge in [0, 0.05) is 6.07 Å². The Morgan fingerprint density at radius 3 is 2.25 bits per heavy atom. The molecule has 7 heteroatoms. The Bertz CT molecular complexity index is 642. The van der Waals surface area contributed by atoms with E-state index in [-0.39, 0.29) is 18.0 Å². The molecule has 0 fully saturated rings. The lowest BCUT2D eigenvalue weighted by Gasteiger charge is -2.06. The van der Waals surface area contributed by atoms with Crippen LogP contribution < -0.4 is 4.74 Å². The lowest BCUT2D eigenvalue weighted by molar-refractivity contribution is -0.394. The zero-order chi connectivity index (χ0) is 14.5. The molecule has 0 amide bonds. The van der Waals surface area contributed by atoms with Crippen molar-refractivity contribution in [1.82, 2.24) is 0 Å². The number of hydrogen-bond donors (Lipinski definition) is 0. The number of benzene rings is 2. The Hall–Kier alpha value is -2.96. The molecule has 0 aliphatic heterocycles. The highest BCUT2D eigenvalue weighted by molar-refractivity contribution is 5.53. The molecule has 2 rings (SSSR count). The third-order valence-corrected chi connectivity index (χ3v) is 2.59. The van der Waals surface area contributed by atoms with Crippen LogP contribution >= 0.6 is 0 Å². The van der Waals surface area contributed by atoms with Crippen LogP contribution in [0.4, 0.5) is 11.4 Å². The van der Waals surface area contributed by atoms with Crippen LogP contribution in [0.25, 0.3) is 0 Å². The van der Waals surface area contributed by atoms with Crippen molar-refractivity contribution in [3.05, 3.63) is 74.3 Å². The third-order valence-electron chi connectivity index (χ3n) is 2.59. The average molecular weight is 274 g/mol. The molecule has 0 radical (unpaired) electrons.